The molecule has 0 aliphatic rings. The average Bonchev–Trinajstić information content (AvgIpc) is 2.63. The number of fused-ring (bicyclic) bond motifs is 1. The van der Waals surface area contributed by atoms with Gasteiger partial charge in [-0.2, -0.15) is 0 Å². The molecule has 0 amide bonds. The molecule has 17 heavy (non-hydrogen) atoms. The fraction of sp³-hybridized carbons (Fsp3) is 0.364. The van der Waals surface area contributed by atoms with Crippen LogP contribution in [-0.2, 0) is 9.84 Å². The Morgan fingerprint density at radius 1 is 1.47 bits per heavy atom. The summed E-state index contributed by atoms with van der Waals surface area (Å²) in [5.74, 6) is 0.718. The Morgan fingerprint density at radius 3 is 2.94 bits per heavy atom. The third-order valence-electron chi connectivity index (χ3n) is 2.32. The lowest BCUT2D eigenvalue weighted by molar-refractivity contribution is 0.598. The van der Waals surface area contributed by atoms with E-state index in [2.05, 4.69) is 10.3 Å². The number of hydrogen-bond acceptors (Lipinski definition) is 5. The van der Waals surface area contributed by atoms with Gasteiger partial charge in [-0.3, -0.25) is 0 Å². The molecule has 1 N–H and O–H groups in total. The molecule has 2 aromatic rings. The third-order valence-corrected chi connectivity index (χ3v) is 3.42. The molecular weight excluding hydrogens is 240 g/mol. The lowest BCUT2D eigenvalue weighted by Crippen LogP contribution is -2.25. The summed E-state index contributed by atoms with van der Waals surface area (Å²) in [6, 6.07) is 3.37. The maximum Gasteiger partial charge on any atom is 0.149 e. The highest BCUT2D eigenvalue weighted by atomic mass is 32.2. The van der Waals surface area contributed by atoms with Crippen molar-refractivity contribution in [3.05, 3.63) is 24.6 Å². The molecule has 6 heteroatoms. The quantitative estimate of drug-likeness (QED) is 0.898. The molecule has 0 aromatic carbocycles. The molecule has 2 rings (SSSR count). The van der Waals surface area contributed by atoms with E-state index in [0.29, 0.717) is 5.82 Å². The minimum absolute atomic E-state index is 0.0723. The monoisotopic (exact) mass is 254 g/mol. The lowest BCUT2D eigenvalue weighted by Gasteiger charge is -2.13. The normalized spacial score (nSPS) is 13.8. The maximum absolute atomic E-state index is 11.2. The van der Waals surface area contributed by atoms with Crippen molar-refractivity contribution in [3.63, 3.8) is 0 Å². The second kappa shape index (κ2) is 4.37. The summed E-state index contributed by atoms with van der Waals surface area (Å²) < 4.78 is 27.6. The number of anilines is 1. The first-order valence-corrected chi connectivity index (χ1v) is 7.28. The van der Waals surface area contributed by atoms with Crippen molar-refractivity contribution in [1.82, 2.24) is 4.98 Å². The zero-order chi connectivity index (χ0) is 12.5. The van der Waals surface area contributed by atoms with Crippen LogP contribution in [0.25, 0.3) is 11.0 Å². The first kappa shape index (κ1) is 11.9. The molecular formula is C11H14N2O3S. The Morgan fingerprint density at radius 2 is 2.24 bits per heavy atom. The standard InChI is InChI=1S/C11H14N2O3S/c1-8(7-17(2,14)15)13-11-9-4-6-16-10(9)3-5-12-11/h3-6,8H,7H2,1-2H3,(H,12,13). The maximum atomic E-state index is 11.2. The summed E-state index contributed by atoms with van der Waals surface area (Å²) in [6.45, 7) is 1.81. The first-order chi connectivity index (χ1) is 7.96. The predicted molar refractivity (Wildman–Crippen MR) is 66.8 cm³/mol. The van der Waals surface area contributed by atoms with Crippen LogP contribution >= 0.6 is 0 Å². The van der Waals surface area contributed by atoms with Crippen LogP contribution in [0.3, 0.4) is 0 Å². The fourth-order valence-corrected chi connectivity index (χ4v) is 2.73. The van der Waals surface area contributed by atoms with E-state index >= 15 is 0 Å². The fourth-order valence-electron chi connectivity index (χ4n) is 1.74. The number of nitrogens with one attached hydrogen (secondary N) is 1. The number of furan rings is 1. The van der Waals surface area contributed by atoms with Crippen molar-refractivity contribution in [2.45, 2.75) is 13.0 Å². The molecule has 0 fully saturated rings. The van der Waals surface area contributed by atoms with Gasteiger partial charge < -0.3 is 9.73 Å². The molecule has 5 nitrogen and oxygen atoms in total. The van der Waals surface area contributed by atoms with E-state index in [-0.39, 0.29) is 11.8 Å². The summed E-state index contributed by atoms with van der Waals surface area (Å²) in [6.07, 6.45) is 4.43. The third kappa shape index (κ3) is 2.97. The van der Waals surface area contributed by atoms with Gasteiger partial charge in [-0.05, 0) is 19.1 Å². The van der Waals surface area contributed by atoms with E-state index in [1.54, 1.807) is 24.6 Å². The van der Waals surface area contributed by atoms with Crippen molar-refractivity contribution in [1.29, 1.82) is 0 Å². The van der Waals surface area contributed by atoms with E-state index in [1.165, 1.54) is 6.26 Å². The van der Waals surface area contributed by atoms with Gasteiger partial charge in [0.25, 0.3) is 0 Å². The second-order valence-corrected chi connectivity index (χ2v) is 6.31. The Kier molecular flexibility index (Phi) is 3.06. The number of nitrogens with zero attached hydrogens (tertiary/aromatic N) is 1. The molecule has 0 aliphatic carbocycles. The summed E-state index contributed by atoms with van der Waals surface area (Å²) in [5.41, 5.74) is 0.731. The lowest BCUT2D eigenvalue weighted by atomic mass is 10.3. The van der Waals surface area contributed by atoms with E-state index in [0.717, 1.165) is 11.0 Å². The van der Waals surface area contributed by atoms with Gasteiger partial charge in [-0.25, -0.2) is 13.4 Å². The van der Waals surface area contributed by atoms with Gasteiger partial charge in [0.15, 0.2) is 0 Å². The number of rotatable bonds is 4. The first-order valence-electron chi connectivity index (χ1n) is 5.22. The van der Waals surface area contributed by atoms with Crippen LogP contribution in [0.15, 0.2) is 29.0 Å². The molecule has 92 valence electrons. The van der Waals surface area contributed by atoms with Crippen LogP contribution < -0.4 is 5.32 Å². The minimum atomic E-state index is -3.00. The summed E-state index contributed by atoms with van der Waals surface area (Å²) in [4.78, 5) is 4.18. The van der Waals surface area contributed by atoms with Crippen LogP contribution in [0, 0.1) is 0 Å². The molecule has 1 unspecified atom stereocenters. The molecule has 2 heterocycles. The number of aromatic nitrogens is 1. The van der Waals surface area contributed by atoms with Gasteiger partial charge in [0.2, 0.25) is 0 Å². The highest BCUT2D eigenvalue weighted by Crippen LogP contribution is 2.22. The molecule has 0 saturated carbocycles. The zero-order valence-corrected chi connectivity index (χ0v) is 10.5. The highest BCUT2D eigenvalue weighted by molar-refractivity contribution is 7.90. The van der Waals surface area contributed by atoms with Gasteiger partial charge in [0.05, 0.1) is 17.4 Å². The number of hydrogen-bond donors (Lipinski definition) is 1. The van der Waals surface area contributed by atoms with Crippen LogP contribution in [0.1, 0.15) is 6.92 Å². The van der Waals surface area contributed by atoms with Crippen LogP contribution in [0.4, 0.5) is 5.82 Å². The number of pyridine rings is 1. The summed E-state index contributed by atoms with van der Waals surface area (Å²) >= 11 is 0. The minimum Gasteiger partial charge on any atom is -0.464 e. The molecule has 0 bridgehead atoms. The molecule has 0 radical (unpaired) electrons. The Labute approximate surface area is 99.8 Å². The SMILES string of the molecule is CC(CS(C)(=O)=O)Nc1nccc2occc12. The number of sulfone groups is 1. The van der Waals surface area contributed by atoms with E-state index in [4.69, 9.17) is 4.42 Å². The Bertz CT molecular complexity index is 618. The van der Waals surface area contributed by atoms with Gasteiger partial charge in [0, 0.05) is 18.5 Å². The highest BCUT2D eigenvalue weighted by Gasteiger charge is 2.12. The molecule has 0 spiro atoms. The van der Waals surface area contributed by atoms with Crippen molar-refractivity contribution < 1.29 is 12.8 Å². The Hall–Kier alpha value is -1.56. The van der Waals surface area contributed by atoms with E-state index in [9.17, 15) is 8.42 Å². The average molecular weight is 254 g/mol. The topological polar surface area (TPSA) is 72.2 Å². The summed E-state index contributed by atoms with van der Waals surface area (Å²) in [5, 5.41) is 3.93. The van der Waals surface area contributed by atoms with Crippen LogP contribution in [0.5, 0.6) is 0 Å². The molecule has 2 aromatic heterocycles. The largest absolute Gasteiger partial charge is 0.464 e. The smallest absolute Gasteiger partial charge is 0.149 e. The van der Waals surface area contributed by atoms with Crippen molar-refractivity contribution in [2.75, 3.05) is 17.3 Å². The van der Waals surface area contributed by atoms with E-state index < -0.39 is 9.84 Å². The van der Waals surface area contributed by atoms with Gasteiger partial charge in [0.1, 0.15) is 21.2 Å². The van der Waals surface area contributed by atoms with Crippen molar-refractivity contribution in [2.24, 2.45) is 0 Å². The predicted octanol–water partition coefficient (Wildman–Crippen LogP) is 1.67. The van der Waals surface area contributed by atoms with E-state index in [1.807, 2.05) is 6.92 Å². The molecule has 1 atom stereocenters. The van der Waals surface area contributed by atoms with Crippen LogP contribution in [0.2, 0.25) is 0 Å². The van der Waals surface area contributed by atoms with Crippen LogP contribution in [-0.4, -0.2) is 31.5 Å². The molecule has 0 saturated heterocycles. The zero-order valence-electron chi connectivity index (χ0n) is 9.67. The van der Waals surface area contributed by atoms with Gasteiger partial charge in [-0.15, -0.1) is 0 Å². The van der Waals surface area contributed by atoms with Crippen molar-refractivity contribution >= 4 is 26.6 Å². The van der Waals surface area contributed by atoms with Gasteiger partial charge >= 0.3 is 0 Å². The van der Waals surface area contributed by atoms with Crippen molar-refractivity contribution in [3.8, 4) is 0 Å². The Balaban J connectivity index is 2.21. The second-order valence-electron chi connectivity index (χ2n) is 4.13. The molecule has 0 aliphatic heterocycles. The van der Waals surface area contributed by atoms with Gasteiger partial charge in [-0.1, -0.05) is 0 Å². The summed E-state index contributed by atoms with van der Waals surface area (Å²) in [7, 11) is -3.00.